The molecule has 0 spiro atoms. The van der Waals surface area contributed by atoms with Gasteiger partial charge in [-0.3, -0.25) is 4.79 Å². The lowest BCUT2D eigenvalue weighted by Crippen LogP contribution is -2.31. The van der Waals surface area contributed by atoms with Crippen molar-refractivity contribution in [2.45, 2.75) is 33.6 Å². The van der Waals surface area contributed by atoms with Crippen LogP contribution in [0.25, 0.3) is 0 Å². The maximum atomic E-state index is 12.2. The van der Waals surface area contributed by atoms with Gasteiger partial charge in [-0.2, -0.15) is 5.26 Å². The Morgan fingerprint density at radius 1 is 1.25 bits per heavy atom. The number of carbonyl (C=O) groups excluding carboxylic acids is 1. The molecule has 3 heteroatoms. The summed E-state index contributed by atoms with van der Waals surface area (Å²) >= 11 is 0. The molecule has 0 aliphatic heterocycles. The van der Waals surface area contributed by atoms with Gasteiger partial charge in [0.05, 0.1) is 6.07 Å². The number of rotatable bonds is 4. The molecule has 3 nitrogen and oxygen atoms in total. The summed E-state index contributed by atoms with van der Waals surface area (Å²) in [7, 11) is 0. The molecule has 1 atom stereocenters. The standard InChI is InChI=1S/C17H22N2O/c1-16(2)14(17(16,3)4)11-19-15(20)13(10-18)12-8-6-5-7-9-12/h5-9,13-14H,11H2,1-4H3,(H,19,20). The zero-order valence-corrected chi connectivity index (χ0v) is 12.6. The molecule has 1 saturated carbocycles. The van der Waals surface area contributed by atoms with Crippen LogP contribution in [0.1, 0.15) is 39.2 Å². The monoisotopic (exact) mass is 270 g/mol. The minimum Gasteiger partial charge on any atom is -0.354 e. The van der Waals surface area contributed by atoms with Gasteiger partial charge in [-0.25, -0.2) is 0 Å². The Hall–Kier alpha value is -1.82. The molecular weight excluding hydrogens is 248 g/mol. The molecule has 0 bridgehead atoms. The van der Waals surface area contributed by atoms with E-state index >= 15 is 0 Å². The minimum absolute atomic E-state index is 0.197. The summed E-state index contributed by atoms with van der Waals surface area (Å²) in [5.41, 5.74) is 1.24. The molecule has 1 unspecified atom stereocenters. The van der Waals surface area contributed by atoms with E-state index in [2.05, 4.69) is 39.1 Å². The van der Waals surface area contributed by atoms with Crippen molar-refractivity contribution in [2.24, 2.45) is 16.7 Å². The molecule has 0 saturated heterocycles. The van der Waals surface area contributed by atoms with E-state index in [1.807, 2.05) is 30.3 Å². The number of amides is 1. The highest BCUT2D eigenvalue weighted by Gasteiger charge is 2.64. The van der Waals surface area contributed by atoms with Crippen molar-refractivity contribution < 1.29 is 4.79 Å². The summed E-state index contributed by atoms with van der Waals surface area (Å²) in [6.07, 6.45) is 0. The van der Waals surface area contributed by atoms with Crippen LogP contribution in [0, 0.1) is 28.1 Å². The first-order valence-corrected chi connectivity index (χ1v) is 7.04. The van der Waals surface area contributed by atoms with Crippen molar-refractivity contribution in [3.05, 3.63) is 35.9 Å². The molecule has 1 N–H and O–H groups in total. The average molecular weight is 270 g/mol. The van der Waals surface area contributed by atoms with E-state index in [1.54, 1.807) is 0 Å². The second-order valence-corrected chi connectivity index (χ2v) is 6.71. The first-order chi connectivity index (χ1) is 9.32. The van der Waals surface area contributed by atoms with Crippen molar-refractivity contribution in [3.63, 3.8) is 0 Å². The van der Waals surface area contributed by atoms with E-state index in [0.717, 1.165) is 5.56 Å². The Bertz CT molecular complexity index is 526. The summed E-state index contributed by atoms with van der Waals surface area (Å²) in [6, 6.07) is 11.3. The van der Waals surface area contributed by atoms with Crippen LogP contribution >= 0.6 is 0 Å². The second kappa shape index (κ2) is 4.94. The Balaban J connectivity index is 1.98. The van der Waals surface area contributed by atoms with Gasteiger partial charge in [-0.1, -0.05) is 58.0 Å². The summed E-state index contributed by atoms with van der Waals surface area (Å²) in [4.78, 5) is 12.2. The number of nitriles is 1. The highest BCUT2D eigenvalue weighted by Crippen LogP contribution is 2.67. The van der Waals surface area contributed by atoms with E-state index < -0.39 is 5.92 Å². The zero-order valence-electron chi connectivity index (χ0n) is 12.6. The van der Waals surface area contributed by atoms with Crippen LogP contribution in [-0.2, 0) is 4.79 Å². The Morgan fingerprint density at radius 2 is 1.80 bits per heavy atom. The first-order valence-electron chi connectivity index (χ1n) is 7.04. The normalized spacial score (nSPS) is 20.8. The maximum absolute atomic E-state index is 12.2. The van der Waals surface area contributed by atoms with Crippen molar-refractivity contribution in [1.82, 2.24) is 5.32 Å². The van der Waals surface area contributed by atoms with Gasteiger partial charge in [-0.05, 0) is 22.3 Å². The zero-order chi connectivity index (χ0) is 15.0. The number of benzene rings is 1. The molecule has 1 aliphatic carbocycles. The Morgan fingerprint density at radius 3 is 2.25 bits per heavy atom. The summed E-state index contributed by atoms with van der Waals surface area (Å²) < 4.78 is 0. The highest BCUT2D eigenvalue weighted by atomic mass is 16.1. The first kappa shape index (κ1) is 14.6. The molecule has 1 fully saturated rings. The van der Waals surface area contributed by atoms with Gasteiger partial charge < -0.3 is 5.32 Å². The third-order valence-corrected chi connectivity index (χ3v) is 5.32. The third-order valence-electron chi connectivity index (χ3n) is 5.32. The molecule has 1 aromatic carbocycles. The lowest BCUT2D eigenvalue weighted by molar-refractivity contribution is -0.121. The fourth-order valence-electron chi connectivity index (χ4n) is 3.08. The van der Waals surface area contributed by atoms with Crippen LogP contribution in [0.15, 0.2) is 30.3 Å². The molecule has 0 aromatic heterocycles. The predicted molar refractivity (Wildman–Crippen MR) is 78.9 cm³/mol. The lowest BCUT2D eigenvalue weighted by Gasteiger charge is -2.11. The van der Waals surface area contributed by atoms with E-state index in [4.69, 9.17) is 0 Å². The summed E-state index contributed by atoms with van der Waals surface area (Å²) in [6.45, 7) is 9.54. The van der Waals surface area contributed by atoms with E-state index in [1.165, 1.54) is 0 Å². The maximum Gasteiger partial charge on any atom is 0.241 e. The smallest absolute Gasteiger partial charge is 0.241 e. The quantitative estimate of drug-likeness (QED) is 0.914. The number of hydrogen-bond acceptors (Lipinski definition) is 2. The number of nitrogens with one attached hydrogen (secondary N) is 1. The molecule has 0 radical (unpaired) electrons. The van der Waals surface area contributed by atoms with Gasteiger partial charge in [-0.15, -0.1) is 0 Å². The molecule has 2 rings (SSSR count). The molecule has 1 amide bonds. The third kappa shape index (κ3) is 2.31. The summed E-state index contributed by atoms with van der Waals surface area (Å²) in [5, 5.41) is 12.2. The fourth-order valence-corrected chi connectivity index (χ4v) is 3.08. The van der Waals surface area contributed by atoms with E-state index in [-0.39, 0.29) is 16.7 Å². The van der Waals surface area contributed by atoms with E-state index in [9.17, 15) is 10.1 Å². The molecule has 0 heterocycles. The highest BCUT2D eigenvalue weighted by molar-refractivity contribution is 5.86. The van der Waals surface area contributed by atoms with Crippen LogP contribution in [0.4, 0.5) is 0 Å². The largest absolute Gasteiger partial charge is 0.354 e. The fraction of sp³-hybridized carbons (Fsp3) is 0.529. The Kier molecular flexibility index (Phi) is 3.60. The van der Waals surface area contributed by atoms with Crippen LogP contribution < -0.4 is 5.32 Å². The second-order valence-electron chi connectivity index (χ2n) is 6.71. The van der Waals surface area contributed by atoms with Crippen LogP contribution in [0.3, 0.4) is 0 Å². The van der Waals surface area contributed by atoms with Gasteiger partial charge in [0.1, 0.15) is 5.92 Å². The summed E-state index contributed by atoms with van der Waals surface area (Å²) in [5.74, 6) is -0.451. The van der Waals surface area contributed by atoms with Gasteiger partial charge in [0.15, 0.2) is 0 Å². The predicted octanol–water partition coefficient (Wildman–Crippen LogP) is 3.09. The lowest BCUT2D eigenvalue weighted by atomic mass is 10.00. The number of carbonyl (C=O) groups is 1. The molecule has 106 valence electrons. The topological polar surface area (TPSA) is 52.9 Å². The van der Waals surface area contributed by atoms with Crippen LogP contribution in [-0.4, -0.2) is 12.5 Å². The molecule has 1 aliphatic rings. The van der Waals surface area contributed by atoms with Gasteiger partial charge in [0.25, 0.3) is 0 Å². The molecule has 20 heavy (non-hydrogen) atoms. The van der Waals surface area contributed by atoms with Gasteiger partial charge >= 0.3 is 0 Å². The number of nitrogens with zero attached hydrogens (tertiary/aromatic N) is 1. The van der Waals surface area contributed by atoms with Gasteiger partial charge in [0.2, 0.25) is 5.91 Å². The van der Waals surface area contributed by atoms with Crippen LogP contribution in [0.2, 0.25) is 0 Å². The Labute approximate surface area is 121 Å². The van der Waals surface area contributed by atoms with Crippen LogP contribution in [0.5, 0.6) is 0 Å². The SMILES string of the molecule is CC1(C)C(CNC(=O)C(C#N)c2ccccc2)C1(C)C. The van der Waals surface area contributed by atoms with Crippen molar-refractivity contribution in [3.8, 4) is 6.07 Å². The molecule has 1 aromatic rings. The van der Waals surface area contributed by atoms with E-state index in [0.29, 0.717) is 12.5 Å². The van der Waals surface area contributed by atoms with Crippen molar-refractivity contribution >= 4 is 5.91 Å². The number of hydrogen-bond donors (Lipinski definition) is 1. The average Bonchev–Trinajstić information content (AvgIpc) is 2.79. The van der Waals surface area contributed by atoms with Crippen molar-refractivity contribution in [2.75, 3.05) is 6.54 Å². The minimum atomic E-state index is -0.721. The molecular formula is C17H22N2O. The van der Waals surface area contributed by atoms with Crippen molar-refractivity contribution in [1.29, 1.82) is 5.26 Å². The van der Waals surface area contributed by atoms with Gasteiger partial charge in [0, 0.05) is 6.54 Å².